The van der Waals surface area contributed by atoms with E-state index in [1.807, 2.05) is 0 Å². The zero-order chi connectivity index (χ0) is 17.9. The van der Waals surface area contributed by atoms with E-state index in [4.69, 9.17) is 0 Å². The van der Waals surface area contributed by atoms with Crippen LogP contribution in [0.4, 0.5) is 23.2 Å². The molecule has 1 heterocycles. The van der Waals surface area contributed by atoms with Crippen molar-refractivity contribution in [2.75, 3.05) is 24.5 Å². The van der Waals surface area contributed by atoms with Gasteiger partial charge in [-0.2, -0.15) is 13.2 Å². The third-order valence-electron chi connectivity index (χ3n) is 3.65. The Bertz CT molecular complexity index is 645. The first-order valence-corrected chi connectivity index (χ1v) is 7.24. The molecule has 1 unspecified atom stereocenters. The molecule has 0 spiro atoms. The second-order valence-corrected chi connectivity index (χ2v) is 5.48. The highest BCUT2D eigenvalue weighted by Gasteiger charge is 2.40. The van der Waals surface area contributed by atoms with Crippen molar-refractivity contribution in [3.05, 3.63) is 42.7 Å². The minimum absolute atomic E-state index is 0.0175. The van der Waals surface area contributed by atoms with Gasteiger partial charge in [0.25, 0.3) is 0 Å². The van der Waals surface area contributed by atoms with Crippen molar-refractivity contribution >= 4 is 17.5 Å². The van der Waals surface area contributed by atoms with Crippen LogP contribution < -0.4 is 4.90 Å². The highest BCUT2D eigenvalue weighted by Crippen LogP contribution is 2.29. The number of carbonyl (C=O) groups excluding carboxylic acids is 2. The molecule has 2 amide bonds. The van der Waals surface area contributed by atoms with Crippen molar-refractivity contribution in [1.82, 2.24) is 4.90 Å². The van der Waals surface area contributed by atoms with Gasteiger partial charge in [-0.3, -0.25) is 9.59 Å². The molecule has 0 aliphatic carbocycles. The fourth-order valence-corrected chi connectivity index (χ4v) is 2.64. The van der Waals surface area contributed by atoms with Crippen molar-refractivity contribution < 1.29 is 27.2 Å². The molecule has 1 aliphatic rings. The standard InChI is InChI=1S/C16H16F4N2O2/c1-2-7-21(10-16(18,19)20)15(24)11-8-14(23)22(9-11)13-6-4-3-5-12(13)17/h2-6,11H,1,7-10H2. The lowest BCUT2D eigenvalue weighted by molar-refractivity contribution is -0.162. The summed E-state index contributed by atoms with van der Waals surface area (Å²) < 4.78 is 51.6. The summed E-state index contributed by atoms with van der Waals surface area (Å²) in [6.07, 6.45) is -3.61. The lowest BCUT2D eigenvalue weighted by atomic mass is 10.1. The van der Waals surface area contributed by atoms with Crippen LogP contribution in [0.2, 0.25) is 0 Å². The molecule has 1 fully saturated rings. The van der Waals surface area contributed by atoms with E-state index in [0.29, 0.717) is 4.90 Å². The fraction of sp³-hybridized carbons (Fsp3) is 0.375. The lowest BCUT2D eigenvalue weighted by Gasteiger charge is -2.25. The minimum atomic E-state index is -4.55. The molecular formula is C16H16F4N2O2. The van der Waals surface area contributed by atoms with Crippen LogP contribution in [0.1, 0.15) is 6.42 Å². The van der Waals surface area contributed by atoms with E-state index in [0.717, 1.165) is 4.90 Å². The summed E-state index contributed by atoms with van der Waals surface area (Å²) in [5.74, 6) is -2.86. The molecule has 0 saturated carbocycles. The molecule has 4 nitrogen and oxygen atoms in total. The molecule has 1 saturated heterocycles. The first kappa shape index (κ1) is 18.0. The van der Waals surface area contributed by atoms with Crippen LogP contribution >= 0.6 is 0 Å². The van der Waals surface area contributed by atoms with Crippen LogP contribution in [0.3, 0.4) is 0 Å². The van der Waals surface area contributed by atoms with E-state index in [2.05, 4.69) is 6.58 Å². The van der Waals surface area contributed by atoms with E-state index in [1.54, 1.807) is 0 Å². The van der Waals surface area contributed by atoms with E-state index < -0.39 is 36.3 Å². The van der Waals surface area contributed by atoms with Crippen LogP contribution in [0.5, 0.6) is 0 Å². The maximum Gasteiger partial charge on any atom is 0.406 e. The Kier molecular flexibility index (Phi) is 5.26. The van der Waals surface area contributed by atoms with Crippen LogP contribution in [-0.2, 0) is 9.59 Å². The third-order valence-corrected chi connectivity index (χ3v) is 3.65. The molecule has 0 radical (unpaired) electrons. The highest BCUT2D eigenvalue weighted by molar-refractivity contribution is 6.00. The topological polar surface area (TPSA) is 40.6 Å². The molecule has 1 aromatic rings. The van der Waals surface area contributed by atoms with Gasteiger partial charge in [-0.25, -0.2) is 4.39 Å². The van der Waals surface area contributed by atoms with Gasteiger partial charge < -0.3 is 9.80 Å². The van der Waals surface area contributed by atoms with Gasteiger partial charge in [0.1, 0.15) is 12.4 Å². The largest absolute Gasteiger partial charge is 0.406 e. The summed E-state index contributed by atoms with van der Waals surface area (Å²) >= 11 is 0. The van der Waals surface area contributed by atoms with Crippen molar-refractivity contribution in [3.63, 3.8) is 0 Å². The number of anilines is 1. The van der Waals surface area contributed by atoms with Gasteiger partial charge in [-0.1, -0.05) is 18.2 Å². The van der Waals surface area contributed by atoms with Crippen LogP contribution in [-0.4, -0.2) is 42.5 Å². The number of rotatable bonds is 5. The molecular weight excluding hydrogens is 328 g/mol. The molecule has 0 aromatic heterocycles. The maximum atomic E-state index is 13.8. The summed E-state index contributed by atoms with van der Waals surface area (Å²) in [6.45, 7) is 1.50. The van der Waals surface area contributed by atoms with Crippen molar-refractivity contribution in [2.24, 2.45) is 5.92 Å². The second-order valence-electron chi connectivity index (χ2n) is 5.48. The summed E-state index contributed by atoms with van der Waals surface area (Å²) in [6, 6.07) is 5.55. The predicted octanol–water partition coefficient (Wildman–Crippen LogP) is 2.76. The lowest BCUT2D eigenvalue weighted by Crippen LogP contribution is -2.43. The number of nitrogens with zero attached hydrogens (tertiary/aromatic N) is 2. The summed E-state index contributed by atoms with van der Waals surface area (Å²) in [5, 5.41) is 0. The SMILES string of the molecule is C=CCN(CC(F)(F)F)C(=O)C1CC(=O)N(c2ccccc2F)C1. The molecule has 0 N–H and O–H groups in total. The average Bonchev–Trinajstić information content (AvgIpc) is 2.87. The minimum Gasteiger partial charge on any atom is -0.330 e. The van der Waals surface area contributed by atoms with Gasteiger partial charge in [-0.15, -0.1) is 6.58 Å². The number of halogens is 4. The maximum absolute atomic E-state index is 13.8. The first-order valence-electron chi connectivity index (χ1n) is 7.24. The number of alkyl halides is 3. The zero-order valence-electron chi connectivity index (χ0n) is 12.7. The van der Waals surface area contributed by atoms with Gasteiger partial charge in [0.15, 0.2) is 0 Å². The predicted molar refractivity (Wildman–Crippen MR) is 79.7 cm³/mol. The fourth-order valence-electron chi connectivity index (χ4n) is 2.64. The van der Waals surface area contributed by atoms with E-state index in [9.17, 15) is 27.2 Å². The summed E-state index contributed by atoms with van der Waals surface area (Å²) in [5.41, 5.74) is 0.0175. The Morgan fingerprint density at radius 2 is 2.04 bits per heavy atom. The number of hydrogen-bond donors (Lipinski definition) is 0. The van der Waals surface area contributed by atoms with Gasteiger partial charge >= 0.3 is 6.18 Å². The second kappa shape index (κ2) is 7.02. The number of hydrogen-bond acceptors (Lipinski definition) is 2. The van der Waals surface area contributed by atoms with E-state index in [1.165, 1.54) is 30.3 Å². The average molecular weight is 344 g/mol. The molecule has 130 valence electrons. The van der Waals surface area contributed by atoms with Gasteiger partial charge in [0.05, 0.1) is 11.6 Å². The van der Waals surface area contributed by atoms with Crippen molar-refractivity contribution in [2.45, 2.75) is 12.6 Å². The third kappa shape index (κ3) is 4.12. The number of benzene rings is 1. The summed E-state index contributed by atoms with van der Waals surface area (Å²) in [7, 11) is 0. The summed E-state index contributed by atoms with van der Waals surface area (Å²) in [4.78, 5) is 26.1. The number of carbonyl (C=O) groups is 2. The molecule has 24 heavy (non-hydrogen) atoms. The van der Waals surface area contributed by atoms with Gasteiger partial charge in [0, 0.05) is 19.5 Å². The Labute approximate surface area is 136 Å². The quantitative estimate of drug-likeness (QED) is 0.609. The molecule has 0 bridgehead atoms. The first-order chi connectivity index (χ1) is 11.2. The Hall–Kier alpha value is -2.38. The smallest absolute Gasteiger partial charge is 0.330 e. The van der Waals surface area contributed by atoms with E-state index >= 15 is 0 Å². The Morgan fingerprint density at radius 3 is 2.62 bits per heavy atom. The monoisotopic (exact) mass is 344 g/mol. The number of para-hydroxylation sites is 1. The van der Waals surface area contributed by atoms with Gasteiger partial charge in [0.2, 0.25) is 11.8 Å². The zero-order valence-corrected chi connectivity index (χ0v) is 12.7. The highest BCUT2D eigenvalue weighted by atomic mass is 19.4. The van der Waals surface area contributed by atoms with Crippen LogP contribution in [0.25, 0.3) is 0 Å². The van der Waals surface area contributed by atoms with E-state index in [-0.39, 0.29) is 25.2 Å². The van der Waals surface area contributed by atoms with Crippen LogP contribution in [0, 0.1) is 11.7 Å². The number of amides is 2. The van der Waals surface area contributed by atoms with Crippen molar-refractivity contribution in [1.29, 1.82) is 0 Å². The van der Waals surface area contributed by atoms with Gasteiger partial charge in [-0.05, 0) is 12.1 Å². The Balaban J connectivity index is 2.15. The molecule has 1 aliphatic heterocycles. The molecule has 2 rings (SSSR count). The normalized spacial score (nSPS) is 17.9. The van der Waals surface area contributed by atoms with Crippen molar-refractivity contribution in [3.8, 4) is 0 Å². The molecule has 1 aromatic carbocycles. The Morgan fingerprint density at radius 1 is 1.38 bits per heavy atom. The molecule has 8 heteroatoms. The molecule has 1 atom stereocenters. The van der Waals surface area contributed by atoms with Crippen LogP contribution in [0.15, 0.2) is 36.9 Å².